The largest absolute Gasteiger partial charge is 0.494 e. The monoisotopic (exact) mass is 257 g/mol. The molecule has 2 aromatic carbocycles. The second kappa shape index (κ2) is 6.81. The van der Waals surface area contributed by atoms with E-state index in [1.807, 2.05) is 55.5 Å². The Morgan fingerprint density at radius 3 is 1.89 bits per heavy atom. The molecular weight excluding hydrogens is 238 g/mol. The molecule has 0 heterocycles. The van der Waals surface area contributed by atoms with E-state index < -0.39 is 0 Å². The van der Waals surface area contributed by atoms with Gasteiger partial charge in [-0.1, -0.05) is 12.1 Å². The molecule has 0 bridgehead atoms. The first-order valence-corrected chi connectivity index (χ1v) is 6.51. The van der Waals surface area contributed by atoms with Gasteiger partial charge in [-0.25, -0.2) is 0 Å². The Morgan fingerprint density at radius 2 is 1.37 bits per heavy atom. The van der Waals surface area contributed by atoms with Crippen LogP contribution in [0.3, 0.4) is 0 Å². The quantitative estimate of drug-likeness (QED) is 0.862. The van der Waals surface area contributed by atoms with Crippen molar-refractivity contribution in [2.75, 3.05) is 13.2 Å². The first-order valence-electron chi connectivity index (χ1n) is 6.51. The summed E-state index contributed by atoms with van der Waals surface area (Å²) in [5.41, 5.74) is 6.74. The van der Waals surface area contributed by atoms with E-state index in [2.05, 4.69) is 0 Å². The van der Waals surface area contributed by atoms with Gasteiger partial charge in [0.05, 0.1) is 6.61 Å². The first kappa shape index (κ1) is 13.4. The smallest absolute Gasteiger partial charge is 0.127 e. The minimum absolute atomic E-state index is 0.666. The molecule has 2 aromatic rings. The predicted molar refractivity (Wildman–Crippen MR) is 76.9 cm³/mol. The highest BCUT2D eigenvalue weighted by Gasteiger charge is 1.99. The summed E-state index contributed by atoms with van der Waals surface area (Å²) < 4.78 is 11.1. The van der Waals surface area contributed by atoms with Gasteiger partial charge in [-0.2, -0.15) is 0 Å². The molecule has 3 nitrogen and oxygen atoms in total. The number of ether oxygens (including phenoxy) is 2. The molecule has 0 atom stereocenters. The fourth-order valence-corrected chi connectivity index (χ4v) is 1.80. The maximum Gasteiger partial charge on any atom is 0.127 e. The van der Waals surface area contributed by atoms with Crippen LogP contribution in [0.15, 0.2) is 48.5 Å². The van der Waals surface area contributed by atoms with Crippen molar-refractivity contribution in [3.05, 3.63) is 54.1 Å². The average molecular weight is 257 g/mol. The van der Waals surface area contributed by atoms with Gasteiger partial charge in [-0.05, 0) is 61.9 Å². The fraction of sp³-hybridized carbons (Fsp3) is 0.250. The number of hydrogen-bond donors (Lipinski definition) is 1. The minimum Gasteiger partial charge on any atom is -0.494 e. The Hall–Kier alpha value is -2.00. The molecule has 0 amide bonds. The lowest BCUT2D eigenvalue weighted by atomic mass is 10.1. The summed E-state index contributed by atoms with van der Waals surface area (Å²) >= 11 is 0. The normalized spacial score (nSPS) is 10.2. The molecule has 0 aromatic heterocycles. The summed E-state index contributed by atoms with van der Waals surface area (Å²) in [6, 6.07) is 15.6. The van der Waals surface area contributed by atoms with Crippen LogP contribution in [0.2, 0.25) is 0 Å². The van der Waals surface area contributed by atoms with E-state index in [-0.39, 0.29) is 0 Å². The molecule has 19 heavy (non-hydrogen) atoms. The van der Waals surface area contributed by atoms with Gasteiger partial charge in [0, 0.05) is 0 Å². The van der Waals surface area contributed by atoms with E-state index in [1.54, 1.807) is 0 Å². The highest BCUT2D eigenvalue weighted by Crippen LogP contribution is 2.24. The standard InChI is InChI=1S/C16H19NO2/c1-2-18-14-7-9-16(10-8-14)19-15-5-3-13(4-6-15)11-12-17/h3-10H,2,11-12,17H2,1H3. The number of rotatable bonds is 6. The molecule has 3 heteroatoms. The van der Waals surface area contributed by atoms with Crippen LogP contribution in [-0.2, 0) is 6.42 Å². The van der Waals surface area contributed by atoms with Gasteiger partial charge >= 0.3 is 0 Å². The van der Waals surface area contributed by atoms with Crippen molar-refractivity contribution >= 4 is 0 Å². The van der Waals surface area contributed by atoms with Crippen LogP contribution in [0.25, 0.3) is 0 Å². The molecule has 0 saturated heterocycles. The summed E-state index contributed by atoms with van der Waals surface area (Å²) in [5, 5.41) is 0. The van der Waals surface area contributed by atoms with E-state index in [0.717, 1.165) is 23.7 Å². The summed E-state index contributed by atoms with van der Waals surface area (Å²) in [6.45, 7) is 3.30. The molecular formula is C16H19NO2. The Bertz CT molecular complexity index is 444. The first-order chi connectivity index (χ1) is 9.31. The van der Waals surface area contributed by atoms with E-state index in [0.29, 0.717) is 13.2 Å². The average Bonchev–Trinajstić information content (AvgIpc) is 2.44. The third kappa shape index (κ3) is 4.00. The third-order valence-corrected chi connectivity index (χ3v) is 2.73. The minimum atomic E-state index is 0.666. The SMILES string of the molecule is CCOc1ccc(Oc2ccc(CCN)cc2)cc1. The van der Waals surface area contributed by atoms with Crippen LogP contribution in [0, 0.1) is 0 Å². The van der Waals surface area contributed by atoms with Crippen LogP contribution in [0.1, 0.15) is 12.5 Å². The highest BCUT2D eigenvalue weighted by molar-refractivity contribution is 5.36. The van der Waals surface area contributed by atoms with Crippen LogP contribution in [-0.4, -0.2) is 13.2 Å². The molecule has 0 radical (unpaired) electrons. The Kier molecular flexibility index (Phi) is 4.81. The predicted octanol–water partition coefficient (Wildman–Crippen LogP) is 3.38. The zero-order chi connectivity index (χ0) is 13.5. The lowest BCUT2D eigenvalue weighted by Gasteiger charge is -2.08. The van der Waals surface area contributed by atoms with Gasteiger partial charge in [0.2, 0.25) is 0 Å². The number of hydrogen-bond acceptors (Lipinski definition) is 3. The third-order valence-electron chi connectivity index (χ3n) is 2.73. The van der Waals surface area contributed by atoms with Gasteiger partial charge in [0.1, 0.15) is 17.2 Å². The number of nitrogens with two attached hydrogens (primary N) is 1. The van der Waals surface area contributed by atoms with Gasteiger partial charge in [-0.3, -0.25) is 0 Å². The van der Waals surface area contributed by atoms with Crippen molar-refractivity contribution in [1.29, 1.82) is 0 Å². The van der Waals surface area contributed by atoms with E-state index in [1.165, 1.54) is 5.56 Å². The molecule has 0 aliphatic rings. The van der Waals surface area contributed by atoms with Gasteiger partial charge in [0.25, 0.3) is 0 Å². The lowest BCUT2D eigenvalue weighted by molar-refractivity contribution is 0.339. The van der Waals surface area contributed by atoms with Gasteiger partial charge in [-0.15, -0.1) is 0 Å². The Morgan fingerprint density at radius 1 is 0.842 bits per heavy atom. The molecule has 0 unspecified atom stereocenters. The van der Waals surface area contributed by atoms with Crippen LogP contribution >= 0.6 is 0 Å². The van der Waals surface area contributed by atoms with Crippen molar-refractivity contribution in [2.45, 2.75) is 13.3 Å². The van der Waals surface area contributed by atoms with Crippen molar-refractivity contribution in [2.24, 2.45) is 5.73 Å². The molecule has 0 spiro atoms. The Labute approximate surface area is 114 Å². The molecule has 0 aliphatic heterocycles. The van der Waals surface area contributed by atoms with Crippen molar-refractivity contribution in [3.8, 4) is 17.2 Å². The van der Waals surface area contributed by atoms with Crippen LogP contribution < -0.4 is 15.2 Å². The van der Waals surface area contributed by atoms with Gasteiger partial charge < -0.3 is 15.2 Å². The second-order valence-corrected chi connectivity index (χ2v) is 4.19. The molecule has 2 N–H and O–H groups in total. The maximum absolute atomic E-state index is 5.76. The lowest BCUT2D eigenvalue weighted by Crippen LogP contribution is -2.02. The van der Waals surface area contributed by atoms with Gasteiger partial charge in [0.15, 0.2) is 0 Å². The highest BCUT2D eigenvalue weighted by atomic mass is 16.5. The zero-order valence-electron chi connectivity index (χ0n) is 11.1. The maximum atomic E-state index is 5.76. The zero-order valence-corrected chi connectivity index (χ0v) is 11.1. The van der Waals surface area contributed by atoms with Crippen molar-refractivity contribution in [1.82, 2.24) is 0 Å². The summed E-state index contributed by atoms with van der Waals surface area (Å²) in [7, 11) is 0. The van der Waals surface area contributed by atoms with E-state index in [9.17, 15) is 0 Å². The Balaban J connectivity index is 1.99. The van der Waals surface area contributed by atoms with Crippen LogP contribution in [0.4, 0.5) is 0 Å². The van der Waals surface area contributed by atoms with E-state index in [4.69, 9.17) is 15.2 Å². The summed E-state index contributed by atoms with van der Waals surface area (Å²) in [5.74, 6) is 2.48. The molecule has 2 rings (SSSR count). The molecule has 100 valence electrons. The van der Waals surface area contributed by atoms with E-state index >= 15 is 0 Å². The topological polar surface area (TPSA) is 44.5 Å². The fourth-order valence-electron chi connectivity index (χ4n) is 1.80. The molecule has 0 aliphatic carbocycles. The van der Waals surface area contributed by atoms with Crippen molar-refractivity contribution in [3.63, 3.8) is 0 Å². The van der Waals surface area contributed by atoms with Crippen molar-refractivity contribution < 1.29 is 9.47 Å². The second-order valence-electron chi connectivity index (χ2n) is 4.19. The number of benzene rings is 2. The summed E-state index contributed by atoms with van der Waals surface area (Å²) in [6.07, 6.45) is 0.892. The van der Waals surface area contributed by atoms with Crippen LogP contribution in [0.5, 0.6) is 17.2 Å². The molecule has 0 saturated carbocycles. The molecule has 0 fully saturated rings. The summed E-state index contributed by atoms with van der Waals surface area (Å²) in [4.78, 5) is 0.